The van der Waals surface area contributed by atoms with E-state index in [1.54, 1.807) is 24.3 Å². The van der Waals surface area contributed by atoms with Gasteiger partial charge in [0.05, 0.1) is 5.56 Å². The monoisotopic (exact) mass is 433 g/mol. The van der Waals surface area contributed by atoms with Crippen LogP contribution in [0.5, 0.6) is 0 Å². The van der Waals surface area contributed by atoms with E-state index < -0.39 is 5.82 Å². The number of rotatable bonds is 4. The molecule has 4 nitrogen and oxygen atoms in total. The van der Waals surface area contributed by atoms with Gasteiger partial charge < -0.3 is 9.80 Å². The second-order valence-corrected chi connectivity index (χ2v) is 8.25. The summed E-state index contributed by atoms with van der Waals surface area (Å²) in [4.78, 5) is 17.0. The molecule has 0 bridgehead atoms. The topological polar surface area (TPSA) is 47.3 Å². The number of nitriles is 1. The molecule has 0 unspecified atom stereocenters. The number of hydrogen-bond donors (Lipinski definition) is 0. The maximum atomic E-state index is 14.4. The van der Waals surface area contributed by atoms with Gasteiger partial charge in [0.1, 0.15) is 17.7 Å². The van der Waals surface area contributed by atoms with E-state index >= 15 is 0 Å². The molecule has 4 rings (SSSR count). The molecule has 164 valence electrons. The smallest absolute Gasteiger partial charge is 0.253 e. The second-order valence-electron chi connectivity index (χ2n) is 8.25. The largest absolute Gasteiger partial charge is 0.338 e. The molecule has 2 heterocycles. The lowest BCUT2D eigenvalue weighted by Gasteiger charge is -2.35. The zero-order valence-corrected chi connectivity index (χ0v) is 18.0. The first kappa shape index (κ1) is 21.8. The fourth-order valence-electron chi connectivity index (χ4n) is 4.38. The lowest BCUT2D eigenvalue weighted by Crippen LogP contribution is -2.41. The van der Waals surface area contributed by atoms with Crippen LogP contribution in [-0.4, -0.2) is 30.4 Å². The highest BCUT2D eigenvalue weighted by Crippen LogP contribution is 2.32. The van der Waals surface area contributed by atoms with Crippen LogP contribution in [-0.2, 0) is 4.79 Å². The summed E-state index contributed by atoms with van der Waals surface area (Å²) in [6, 6.07) is 12.4. The molecule has 2 aromatic carbocycles. The Kier molecular flexibility index (Phi) is 6.36. The van der Waals surface area contributed by atoms with E-state index in [-0.39, 0.29) is 17.3 Å². The number of benzene rings is 2. The highest BCUT2D eigenvalue weighted by atomic mass is 19.1. The number of carbonyl (C=O) groups is 1. The summed E-state index contributed by atoms with van der Waals surface area (Å²) >= 11 is 0. The molecule has 0 saturated carbocycles. The van der Waals surface area contributed by atoms with Crippen molar-refractivity contribution in [3.05, 3.63) is 83.0 Å². The van der Waals surface area contributed by atoms with E-state index in [1.807, 2.05) is 21.9 Å². The van der Waals surface area contributed by atoms with E-state index in [4.69, 9.17) is 5.26 Å². The highest BCUT2D eigenvalue weighted by molar-refractivity contribution is 6.00. The Morgan fingerprint density at radius 2 is 2.06 bits per heavy atom. The van der Waals surface area contributed by atoms with E-state index in [1.165, 1.54) is 24.3 Å². The summed E-state index contributed by atoms with van der Waals surface area (Å²) in [5.41, 5.74) is 2.22. The van der Waals surface area contributed by atoms with Crippen LogP contribution in [0.25, 0.3) is 5.70 Å². The van der Waals surface area contributed by atoms with Crippen molar-refractivity contribution < 1.29 is 13.6 Å². The summed E-state index contributed by atoms with van der Waals surface area (Å²) in [6.45, 7) is 3.97. The van der Waals surface area contributed by atoms with Crippen molar-refractivity contribution in [1.29, 1.82) is 5.26 Å². The van der Waals surface area contributed by atoms with E-state index in [0.29, 0.717) is 35.0 Å². The van der Waals surface area contributed by atoms with Gasteiger partial charge in [-0.15, -0.1) is 0 Å². The van der Waals surface area contributed by atoms with Gasteiger partial charge in [-0.3, -0.25) is 4.79 Å². The van der Waals surface area contributed by atoms with Gasteiger partial charge in [-0.2, -0.15) is 5.26 Å². The number of carbonyl (C=O) groups excluding carboxylic acids is 1. The summed E-state index contributed by atoms with van der Waals surface area (Å²) < 4.78 is 28.3. The zero-order valence-electron chi connectivity index (χ0n) is 18.0. The van der Waals surface area contributed by atoms with Crippen LogP contribution in [0.4, 0.5) is 14.5 Å². The molecule has 2 aliphatic rings. The number of likely N-dealkylation sites (tertiary alicyclic amines) is 1. The van der Waals surface area contributed by atoms with Gasteiger partial charge in [0.15, 0.2) is 0 Å². The van der Waals surface area contributed by atoms with Crippen molar-refractivity contribution in [1.82, 2.24) is 4.90 Å². The summed E-state index contributed by atoms with van der Waals surface area (Å²) in [5, 5.41) is 9.06. The summed E-state index contributed by atoms with van der Waals surface area (Å²) in [6.07, 6.45) is 6.75. The first-order valence-corrected chi connectivity index (χ1v) is 10.9. The fraction of sp³-hybridized carbons (Fsp3) is 0.308. The Morgan fingerprint density at radius 3 is 2.78 bits per heavy atom. The van der Waals surface area contributed by atoms with Gasteiger partial charge in [-0.1, -0.05) is 31.6 Å². The molecule has 2 aliphatic heterocycles. The Bertz CT molecular complexity index is 1130. The van der Waals surface area contributed by atoms with Crippen molar-refractivity contribution in [2.24, 2.45) is 5.92 Å². The van der Waals surface area contributed by atoms with Crippen LogP contribution in [0.3, 0.4) is 0 Å². The Morgan fingerprint density at radius 1 is 1.22 bits per heavy atom. The molecule has 0 N–H and O–H groups in total. The molecular weight excluding hydrogens is 408 g/mol. The maximum absolute atomic E-state index is 14.4. The minimum absolute atomic E-state index is 0.0336. The zero-order chi connectivity index (χ0) is 22.7. The molecule has 1 atom stereocenters. The van der Waals surface area contributed by atoms with Gasteiger partial charge in [-0.25, -0.2) is 8.78 Å². The molecule has 0 radical (unpaired) electrons. The molecule has 32 heavy (non-hydrogen) atoms. The van der Waals surface area contributed by atoms with Crippen LogP contribution >= 0.6 is 0 Å². The third-order valence-electron chi connectivity index (χ3n) is 6.21. The number of nitrogens with zero attached hydrogens (tertiary/aromatic N) is 3. The molecular formula is C26H25F2N3O. The second kappa shape index (κ2) is 9.35. The van der Waals surface area contributed by atoms with Crippen molar-refractivity contribution in [2.45, 2.75) is 26.2 Å². The number of amides is 1. The van der Waals surface area contributed by atoms with Crippen molar-refractivity contribution in [2.75, 3.05) is 24.5 Å². The van der Waals surface area contributed by atoms with Crippen molar-refractivity contribution in [3.63, 3.8) is 0 Å². The molecule has 1 saturated heterocycles. The van der Waals surface area contributed by atoms with Crippen LogP contribution < -0.4 is 4.90 Å². The molecule has 2 aromatic rings. The van der Waals surface area contributed by atoms with Crippen LogP contribution in [0.2, 0.25) is 0 Å². The minimum atomic E-state index is -0.630. The summed E-state index contributed by atoms with van der Waals surface area (Å²) in [5.74, 6) is -0.530. The molecule has 6 heteroatoms. The maximum Gasteiger partial charge on any atom is 0.253 e. The standard InChI is InChI=1S/C26H25F2N3O/c1-2-18-5-4-11-30(17-18)26(32)20-10-12-31(23-7-3-6-22(27)15-23)25(14-20)19-8-9-21(16-29)24(28)13-19/h3,6-10,13-15,18H,2,4-5,11-12,17H2,1H3/t18-/m1/s1. The third-order valence-corrected chi connectivity index (χ3v) is 6.21. The van der Waals surface area contributed by atoms with Crippen LogP contribution in [0.1, 0.15) is 37.3 Å². The molecule has 0 aromatic heterocycles. The molecule has 0 aliphatic carbocycles. The number of hydrogen-bond acceptors (Lipinski definition) is 3. The predicted molar refractivity (Wildman–Crippen MR) is 121 cm³/mol. The lowest BCUT2D eigenvalue weighted by atomic mass is 9.94. The fourth-order valence-corrected chi connectivity index (χ4v) is 4.38. The Hall–Kier alpha value is -3.46. The number of halogens is 2. The Balaban J connectivity index is 1.71. The van der Waals surface area contributed by atoms with Crippen molar-refractivity contribution >= 4 is 17.3 Å². The quantitative estimate of drug-likeness (QED) is 0.660. The van der Waals surface area contributed by atoms with Gasteiger partial charge in [-0.05, 0) is 55.2 Å². The van der Waals surface area contributed by atoms with Gasteiger partial charge in [0.25, 0.3) is 5.91 Å². The average Bonchev–Trinajstić information content (AvgIpc) is 2.83. The first-order valence-electron chi connectivity index (χ1n) is 10.9. The average molecular weight is 434 g/mol. The van der Waals surface area contributed by atoms with Gasteiger partial charge >= 0.3 is 0 Å². The molecule has 0 spiro atoms. The number of piperidine rings is 1. The van der Waals surface area contributed by atoms with E-state index in [2.05, 4.69) is 6.92 Å². The van der Waals surface area contributed by atoms with Gasteiger partial charge in [0, 0.05) is 42.2 Å². The lowest BCUT2D eigenvalue weighted by molar-refractivity contribution is -0.128. The predicted octanol–water partition coefficient (Wildman–Crippen LogP) is 5.27. The first-order chi connectivity index (χ1) is 15.5. The number of anilines is 1. The summed E-state index contributed by atoms with van der Waals surface area (Å²) in [7, 11) is 0. The highest BCUT2D eigenvalue weighted by Gasteiger charge is 2.27. The Labute approximate surface area is 187 Å². The normalized spacial score (nSPS) is 18.6. The van der Waals surface area contributed by atoms with Crippen molar-refractivity contribution in [3.8, 4) is 6.07 Å². The minimum Gasteiger partial charge on any atom is -0.338 e. The molecule has 1 fully saturated rings. The van der Waals surface area contributed by atoms with Crippen LogP contribution in [0, 0.1) is 28.9 Å². The van der Waals surface area contributed by atoms with E-state index in [9.17, 15) is 13.6 Å². The van der Waals surface area contributed by atoms with Gasteiger partial charge in [0.2, 0.25) is 0 Å². The molecule has 1 amide bonds. The van der Waals surface area contributed by atoms with E-state index in [0.717, 1.165) is 32.4 Å². The van der Waals surface area contributed by atoms with Crippen LogP contribution in [0.15, 0.2) is 60.2 Å². The third kappa shape index (κ3) is 4.43. The SMILES string of the molecule is CC[C@@H]1CCCN(C(=O)C2=CCN(c3cccc(F)c3)C(c3ccc(C#N)c(F)c3)=C2)C1.